The van der Waals surface area contributed by atoms with Crippen molar-refractivity contribution in [2.75, 3.05) is 13.1 Å². The fourth-order valence-electron chi connectivity index (χ4n) is 3.34. The lowest BCUT2D eigenvalue weighted by atomic mass is 10.0. The molecule has 2 nitrogen and oxygen atoms in total. The minimum atomic E-state index is 0.751. The quantitative estimate of drug-likeness (QED) is 0.839. The third-order valence-electron chi connectivity index (χ3n) is 4.22. The zero-order valence-electron chi connectivity index (χ0n) is 10.4. The van der Waals surface area contributed by atoms with Crippen molar-refractivity contribution >= 4 is 0 Å². The molecular formula is C15H22N2. The zero-order valence-corrected chi connectivity index (χ0v) is 10.4. The number of fused-ring (bicyclic) bond motifs is 1. The molecule has 0 unspecified atom stereocenters. The van der Waals surface area contributed by atoms with Gasteiger partial charge in [0, 0.05) is 18.6 Å². The van der Waals surface area contributed by atoms with Gasteiger partial charge in [0.05, 0.1) is 0 Å². The van der Waals surface area contributed by atoms with Crippen LogP contribution >= 0.6 is 0 Å². The van der Waals surface area contributed by atoms with Crippen LogP contribution in [-0.4, -0.2) is 30.1 Å². The summed E-state index contributed by atoms with van der Waals surface area (Å²) in [6, 6.07) is 12.4. The lowest BCUT2D eigenvalue weighted by Crippen LogP contribution is -2.41. The van der Waals surface area contributed by atoms with Crippen molar-refractivity contribution in [3.63, 3.8) is 0 Å². The highest BCUT2D eigenvalue weighted by atomic mass is 15.2. The Morgan fingerprint density at radius 1 is 1.12 bits per heavy atom. The Morgan fingerprint density at radius 3 is 2.88 bits per heavy atom. The minimum Gasteiger partial charge on any atom is -0.312 e. The summed E-state index contributed by atoms with van der Waals surface area (Å²) in [5.74, 6) is 0. The lowest BCUT2D eigenvalue weighted by molar-refractivity contribution is 0.186. The van der Waals surface area contributed by atoms with E-state index in [4.69, 9.17) is 0 Å². The molecule has 0 spiro atoms. The molecule has 17 heavy (non-hydrogen) atoms. The van der Waals surface area contributed by atoms with Gasteiger partial charge in [-0.1, -0.05) is 36.8 Å². The van der Waals surface area contributed by atoms with Gasteiger partial charge >= 0.3 is 0 Å². The van der Waals surface area contributed by atoms with Crippen LogP contribution in [-0.2, 0) is 6.54 Å². The van der Waals surface area contributed by atoms with Gasteiger partial charge in [0.2, 0.25) is 0 Å². The summed E-state index contributed by atoms with van der Waals surface area (Å²) < 4.78 is 0. The first-order valence-electron chi connectivity index (χ1n) is 6.95. The van der Waals surface area contributed by atoms with Gasteiger partial charge in [0.15, 0.2) is 0 Å². The third kappa shape index (κ3) is 2.53. The van der Waals surface area contributed by atoms with Crippen molar-refractivity contribution in [1.82, 2.24) is 10.2 Å². The molecule has 3 rings (SSSR count). The Labute approximate surface area is 104 Å². The molecular weight excluding hydrogens is 208 g/mol. The van der Waals surface area contributed by atoms with E-state index < -0.39 is 0 Å². The summed E-state index contributed by atoms with van der Waals surface area (Å²) in [6.45, 7) is 3.61. The molecule has 92 valence electrons. The Hall–Kier alpha value is -0.860. The van der Waals surface area contributed by atoms with Crippen molar-refractivity contribution in [3.8, 4) is 0 Å². The summed E-state index contributed by atoms with van der Waals surface area (Å²) in [5.41, 5.74) is 1.46. The van der Waals surface area contributed by atoms with Gasteiger partial charge in [0.1, 0.15) is 0 Å². The number of benzene rings is 1. The Bertz CT molecular complexity index is 349. The fraction of sp³-hybridized carbons (Fsp3) is 0.600. The smallest absolute Gasteiger partial charge is 0.0264 e. The molecule has 0 radical (unpaired) electrons. The summed E-state index contributed by atoms with van der Waals surface area (Å²) in [7, 11) is 0. The van der Waals surface area contributed by atoms with E-state index in [-0.39, 0.29) is 0 Å². The van der Waals surface area contributed by atoms with E-state index in [9.17, 15) is 0 Å². The van der Waals surface area contributed by atoms with Crippen LogP contribution in [0, 0.1) is 0 Å². The first-order valence-corrected chi connectivity index (χ1v) is 6.95. The molecule has 1 N–H and O–H groups in total. The molecule has 2 atom stereocenters. The Balaban J connectivity index is 1.72. The largest absolute Gasteiger partial charge is 0.312 e. The van der Waals surface area contributed by atoms with Gasteiger partial charge in [-0.25, -0.2) is 0 Å². The average molecular weight is 230 g/mol. The van der Waals surface area contributed by atoms with Gasteiger partial charge in [-0.15, -0.1) is 0 Å². The number of nitrogens with one attached hydrogen (secondary N) is 1. The highest BCUT2D eigenvalue weighted by molar-refractivity contribution is 5.15. The standard InChI is InChI=1S/C15H22N2/c1-2-6-13(7-3-1)12-17-11-5-4-8-14-15(17)9-10-16-14/h1-3,6-7,14-16H,4-5,8-12H2/t14-,15-/m0/s1. The second-order valence-corrected chi connectivity index (χ2v) is 5.37. The predicted octanol–water partition coefficient (Wildman–Crippen LogP) is 2.40. The molecule has 2 saturated heterocycles. The second kappa shape index (κ2) is 5.19. The topological polar surface area (TPSA) is 15.3 Å². The zero-order chi connectivity index (χ0) is 11.5. The van der Waals surface area contributed by atoms with Gasteiger partial charge in [-0.3, -0.25) is 4.90 Å². The molecule has 0 amide bonds. The van der Waals surface area contributed by atoms with Crippen molar-refractivity contribution in [2.24, 2.45) is 0 Å². The Kier molecular flexibility index (Phi) is 3.44. The van der Waals surface area contributed by atoms with Crippen LogP contribution in [0.25, 0.3) is 0 Å². The van der Waals surface area contributed by atoms with Gasteiger partial charge < -0.3 is 5.32 Å². The molecule has 0 saturated carbocycles. The monoisotopic (exact) mass is 230 g/mol. The molecule has 0 bridgehead atoms. The molecule has 2 heteroatoms. The first kappa shape index (κ1) is 11.2. The minimum absolute atomic E-state index is 0.751. The first-order chi connectivity index (χ1) is 8.43. The van der Waals surface area contributed by atoms with Gasteiger partial charge in [0.25, 0.3) is 0 Å². The maximum Gasteiger partial charge on any atom is 0.0264 e. The average Bonchev–Trinajstić information content (AvgIpc) is 2.75. The van der Waals surface area contributed by atoms with Crippen molar-refractivity contribution < 1.29 is 0 Å². The van der Waals surface area contributed by atoms with Gasteiger partial charge in [-0.2, -0.15) is 0 Å². The predicted molar refractivity (Wildman–Crippen MR) is 70.9 cm³/mol. The van der Waals surface area contributed by atoms with E-state index >= 15 is 0 Å². The summed E-state index contributed by atoms with van der Waals surface area (Å²) >= 11 is 0. The molecule has 1 aromatic rings. The van der Waals surface area contributed by atoms with Crippen LogP contribution in [0.3, 0.4) is 0 Å². The summed E-state index contributed by atoms with van der Waals surface area (Å²) in [4.78, 5) is 2.70. The van der Waals surface area contributed by atoms with E-state index in [1.165, 1.54) is 44.3 Å². The normalized spacial score (nSPS) is 29.9. The van der Waals surface area contributed by atoms with Crippen LogP contribution in [0.1, 0.15) is 31.2 Å². The van der Waals surface area contributed by atoms with E-state index in [1.54, 1.807) is 0 Å². The molecule has 1 aromatic carbocycles. The molecule has 2 fully saturated rings. The number of hydrogen-bond acceptors (Lipinski definition) is 2. The molecule has 0 aromatic heterocycles. The molecule has 2 aliphatic heterocycles. The van der Waals surface area contributed by atoms with Crippen LogP contribution in [0.15, 0.2) is 30.3 Å². The second-order valence-electron chi connectivity index (χ2n) is 5.37. The van der Waals surface area contributed by atoms with Crippen LogP contribution < -0.4 is 5.32 Å². The van der Waals surface area contributed by atoms with Crippen LogP contribution in [0.5, 0.6) is 0 Å². The van der Waals surface area contributed by atoms with Gasteiger partial charge in [-0.05, 0) is 37.9 Å². The third-order valence-corrected chi connectivity index (χ3v) is 4.22. The maximum absolute atomic E-state index is 3.67. The molecule has 2 aliphatic rings. The van der Waals surface area contributed by atoms with Crippen molar-refractivity contribution in [2.45, 2.75) is 44.3 Å². The maximum atomic E-state index is 3.67. The Morgan fingerprint density at radius 2 is 2.00 bits per heavy atom. The molecule has 0 aliphatic carbocycles. The summed E-state index contributed by atoms with van der Waals surface area (Å²) in [5, 5.41) is 3.67. The number of nitrogens with zero attached hydrogens (tertiary/aromatic N) is 1. The lowest BCUT2D eigenvalue weighted by Gasteiger charge is -2.30. The van der Waals surface area contributed by atoms with Crippen molar-refractivity contribution in [3.05, 3.63) is 35.9 Å². The number of hydrogen-bond donors (Lipinski definition) is 1. The van der Waals surface area contributed by atoms with Crippen molar-refractivity contribution in [1.29, 1.82) is 0 Å². The van der Waals surface area contributed by atoms with Crippen LogP contribution in [0.2, 0.25) is 0 Å². The van der Waals surface area contributed by atoms with E-state index in [0.29, 0.717) is 0 Å². The van der Waals surface area contributed by atoms with E-state index in [2.05, 4.69) is 40.5 Å². The molecule has 2 heterocycles. The number of likely N-dealkylation sites (tertiary alicyclic amines) is 1. The SMILES string of the molecule is c1ccc(CN2CCCC[C@@H]3NCC[C@@H]32)cc1. The fourth-order valence-corrected chi connectivity index (χ4v) is 3.34. The van der Waals surface area contributed by atoms with E-state index in [0.717, 1.165) is 18.6 Å². The van der Waals surface area contributed by atoms with Crippen LogP contribution in [0.4, 0.5) is 0 Å². The van der Waals surface area contributed by atoms with E-state index in [1.807, 2.05) is 0 Å². The highest BCUT2D eigenvalue weighted by Gasteiger charge is 2.32. The highest BCUT2D eigenvalue weighted by Crippen LogP contribution is 2.25. The number of rotatable bonds is 2. The summed E-state index contributed by atoms with van der Waals surface area (Å²) in [6.07, 6.45) is 5.45.